The summed E-state index contributed by atoms with van der Waals surface area (Å²) in [6, 6.07) is 3.29. The number of amides is 1. The summed E-state index contributed by atoms with van der Waals surface area (Å²) in [6.45, 7) is 0.913. The molecule has 0 spiro atoms. The quantitative estimate of drug-likeness (QED) is 0.643. The number of carbonyl (C=O) groups is 1. The van der Waals surface area contributed by atoms with Crippen LogP contribution in [0.4, 0.5) is 10.8 Å². The second-order valence-corrected chi connectivity index (χ2v) is 10.6. The molecule has 1 aromatic carbocycles. The van der Waals surface area contributed by atoms with Crippen molar-refractivity contribution in [2.45, 2.75) is 23.4 Å². The van der Waals surface area contributed by atoms with Gasteiger partial charge in [0.15, 0.2) is 5.58 Å². The average molecular weight is 450 g/mol. The highest BCUT2D eigenvalue weighted by Crippen LogP contribution is 2.39. The zero-order chi connectivity index (χ0) is 21.2. The maximum atomic E-state index is 12.9. The Morgan fingerprint density at radius 3 is 2.63 bits per heavy atom. The molecule has 158 valence electrons. The van der Waals surface area contributed by atoms with Crippen molar-refractivity contribution < 1.29 is 22.7 Å². The lowest BCUT2D eigenvalue weighted by molar-refractivity contribution is 0.0101. The summed E-state index contributed by atoms with van der Waals surface area (Å²) in [5.41, 5.74) is 1.28. The molecule has 1 amide bonds. The van der Waals surface area contributed by atoms with E-state index >= 15 is 0 Å². The van der Waals surface area contributed by atoms with E-state index in [0.29, 0.717) is 35.3 Å². The first-order valence-electron chi connectivity index (χ1n) is 9.29. The number of oxazole rings is 1. The van der Waals surface area contributed by atoms with Crippen LogP contribution >= 0.6 is 11.3 Å². The Morgan fingerprint density at radius 2 is 2.03 bits per heavy atom. The third-order valence-electron chi connectivity index (χ3n) is 5.60. The first kappa shape index (κ1) is 19.3. The predicted molar refractivity (Wildman–Crippen MR) is 110 cm³/mol. The minimum Gasteiger partial charge on any atom is -0.465 e. The lowest BCUT2D eigenvalue weighted by atomic mass is 9.88. The van der Waals surface area contributed by atoms with Crippen LogP contribution in [-0.2, 0) is 10.0 Å². The number of fused-ring (bicyclic) bond motifs is 3. The summed E-state index contributed by atoms with van der Waals surface area (Å²) in [6.07, 6.45) is 1.57. The first-order valence-corrected chi connectivity index (χ1v) is 11.6. The molecule has 10 nitrogen and oxygen atoms in total. The van der Waals surface area contributed by atoms with Gasteiger partial charge in [-0.3, -0.25) is 4.90 Å². The number of piperazine rings is 1. The van der Waals surface area contributed by atoms with E-state index in [0.717, 1.165) is 10.7 Å². The summed E-state index contributed by atoms with van der Waals surface area (Å²) in [5, 5.41) is 11.9. The van der Waals surface area contributed by atoms with Gasteiger partial charge in [-0.2, -0.15) is 4.98 Å². The van der Waals surface area contributed by atoms with Crippen molar-refractivity contribution in [1.29, 1.82) is 0 Å². The van der Waals surface area contributed by atoms with Crippen LogP contribution in [0.5, 0.6) is 0 Å². The third kappa shape index (κ3) is 2.78. The van der Waals surface area contributed by atoms with Crippen LogP contribution in [0, 0.1) is 0 Å². The number of aromatic nitrogens is 2. The first-order chi connectivity index (χ1) is 14.3. The summed E-state index contributed by atoms with van der Waals surface area (Å²) in [4.78, 5) is 23.6. The molecule has 0 radical (unpaired) electrons. The van der Waals surface area contributed by atoms with Gasteiger partial charge in [-0.25, -0.2) is 22.5 Å². The Hall–Kier alpha value is -2.70. The fourth-order valence-electron chi connectivity index (χ4n) is 4.12. The maximum absolute atomic E-state index is 12.9. The zero-order valence-corrected chi connectivity index (χ0v) is 17.9. The van der Waals surface area contributed by atoms with Crippen molar-refractivity contribution in [2.75, 3.05) is 32.1 Å². The molecule has 3 aliphatic heterocycles. The lowest BCUT2D eigenvalue weighted by Crippen LogP contribution is -2.70. The number of anilines is 1. The van der Waals surface area contributed by atoms with Gasteiger partial charge < -0.3 is 14.4 Å². The van der Waals surface area contributed by atoms with Crippen LogP contribution in [0.15, 0.2) is 33.0 Å². The van der Waals surface area contributed by atoms with Crippen LogP contribution in [0.2, 0.25) is 0 Å². The van der Waals surface area contributed by atoms with Gasteiger partial charge in [0.1, 0.15) is 15.4 Å². The Balaban J connectivity index is 1.62. The van der Waals surface area contributed by atoms with Crippen molar-refractivity contribution in [3.05, 3.63) is 23.7 Å². The summed E-state index contributed by atoms with van der Waals surface area (Å²) in [5.74, 6) is 0. The van der Waals surface area contributed by atoms with Gasteiger partial charge in [0.05, 0.1) is 17.6 Å². The molecule has 3 fully saturated rings. The molecule has 6 rings (SSSR count). The molecule has 5 heterocycles. The Kier molecular flexibility index (Phi) is 4.27. The lowest BCUT2D eigenvalue weighted by Gasteiger charge is -2.54. The van der Waals surface area contributed by atoms with E-state index in [4.69, 9.17) is 4.42 Å². The number of sulfonamides is 1. The van der Waals surface area contributed by atoms with E-state index in [1.807, 2.05) is 10.3 Å². The van der Waals surface area contributed by atoms with Crippen molar-refractivity contribution in [3.8, 4) is 10.6 Å². The summed E-state index contributed by atoms with van der Waals surface area (Å²) >= 11 is 1.42. The van der Waals surface area contributed by atoms with E-state index in [-0.39, 0.29) is 22.5 Å². The topological polar surface area (TPSA) is 120 Å². The SMILES string of the molecule is CN(C)S(=O)(=O)c1ccc(-c2nccs2)c2oc(N3CC4CC(C3)N4C(=O)O)nc12. The van der Waals surface area contributed by atoms with Gasteiger partial charge >= 0.3 is 6.09 Å². The highest BCUT2D eigenvalue weighted by molar-refractivity contribution is 7.89. The molecule has 2 unspecified atom stereocenters. The van der Waals surface area contributed by atoms with E-state index < -0.39 is 16.1 Å². The molecule has 0 saturated carbocycles. The van der Waals surface area contributed by atoms with Gasteiger partial charge in [-0.15, -0.1) is 11.3 Å². The monoisotopic (exact) mass is 449 g/mol. The van der Waals surface area contributed by atoms with Gasteiger partial charge in [0, 0.05) is 38.8 Å². The number of nitrogens with zero attached hydrogens (tertiary/aromatic N) is 5. The summed E-state index contributed by atoms with van der Waals surface area (Å²) < 4.78 is 32.9. The predicted octanol–water partition coefficient (Wildman–Crippen LogP) is 2.14. The smallest absolute Gasteiger partial charge is 0.407 e. The molecule has 3 aromatic rings. The largest absolute Gasteiger partial charge is 0.465 e. The second-order valence-electron chi connectivity index (χ2n) is 7.55. The molecular formula is C18H19N5O5S2. The van der Waals surface area contributed by atoms with E-state index in [1.165, 1.54) is 36.4 Å². The molecular weight excluding hydrogens is 430 g/mol. The number of benzene rings is 1. The molecule has 3 saturated heterocycles. The van der Waals surface area contributed by atoms with Crippen molar-refractivity contribution in [2.24, 2.45) is 0 Å². The highest BCUT2D eigenvalue weighted by Gasteiger charge is 2.48. The number of piperidine rings is 1. The Labute approximate surface area is 176 Å². The molecule has 30 heavy (non-hydrogen) atoms. The van der Waals surface area contributed by atoms with Gasteiger partial charge in [0.25, 0.3) is 6.01 Å². The normalized spacial score (nSPS) is 21.3. The average Bonchev–Trinajstić information content (AvgIpc) is 3.36. The van der Waals surface area contributed by atoms with Crippen LogP contribution < -0.4 is 4.90 Å². The fourth-order valence-corrected chi connectivity index (χ4v) is 5.79. The van der Waals surface area contributed by atoms with Crippen LogP contribution in [-0.4, -0.2) is 78.1 Å². The highest BCUT2D eigenvalue weighted by atomic mass is 32.2. The summed E-state index contributed by atoms with van der Waals surface area (Å²) in [7, 11) is -0.803. The maximum Gasteiger partial charge on any atom is 0.407 e. The second kappa shape index (κ2) is 6.65. The van der Waals surface area contributed by atoms with E-state index in [1.54, 1.807) is 12.3 Å². The minimum atomic E-state index is -3.74. The minimum absolute atomic E-state index is 0.0622. The zero-order valence-electron chi connectivity index (χ0n) is 16.2. The molecule has 2 bridgehead atoms. The van der Waals surface area contributed by atoms with Crippen molar-refractivity contribution >= 4 is 44.6 Å². The molecule has 3 aliphatic rings. The van der Waals surface area contributed by atoms with Gasteiger partial charge in [-0.05, 0) is 18.6 Å². The van der Waals surface area contributed by atoms with Gasteiger partial charge in [-0.1, -0.05) is 0 Å². The molecule has 0 aliphatic carbocycles. The number of thiazole rings is 1. The van der Waals surface area contributed by atoms with Crippen LogP contribution in [0.1, 0.15) is 6.42 Å². The number of hydrogen-bond acceptors (Lipinski definition) is 8. The molecule has 2 atom stereocenters. The Morgan fingerprint density at radius 1 is 1.30 bits per heavy atom. The van der Waals surface area contributed by atoms with Crippen LogP contribution in [0.3, 0.4) is 0 Å². The molecule has 2 aromatic heterocycles. The van der Waals surface area contributed by atoms with Crippen molar-refractivity contribution in [3.63, 3.8) is 0 Å². The molecule has 1 N–H and O–H groups in total. The standard InChI is InChI=1S/C18H19N5O5S2/c1-21(2)30(26,27)13-4-3-12(16-19-5-6-29-16)15-14(13)20-17(28-15)22-8-10-7-11(9-22)23(10)18(24)25/h3-6,10-11H,7-9H2,1-2H3,(H,24,25). The third-order valence-corrected chi connectivity index (χ3v) is 8.25. The van der Waals surface area contributed by atoms with Crippen molar-refractivity contribution in [1.82, 2.24) is 19.2 Å². The molecule has 12 heteroatoms. The number of rotatable bonds is 4. The fraction of sp³-hybridized carbons (Fsp3) is 0.389. The Bertz CT molecular complexity index is 1230. The number of carboxylic acid groups (broad SMARTS) is 1. The van der Waals surface area contributed by atoms with Crippen LogP contribution in [0.25, 0.3) is 21.7 Å². The van der Waals surface area contributed by atoms with E-state index in [2.05, 4.69) is 9.97 Å². The van der Waals surface area contributed by atoms with E-state index in [9.17, 15) is 18.3 Å². The number of hydrogen-bond donors (Lipinski definition) is 1. The van der Waals surface area contributed by atoms with Gasteiger partial charge in [0.2, 0.25) is 10.0 Å².